The van der Waals surface area contributed by atoms with Crippen molar-refractivity contribution in [1.29, 1.82) is 0 Å². The van der Waals surface area contributed by atoms with Crippen molar-refractivity contribution in [3.8, 4) is 0 Å². The number of nitrogens with two attached hydrogens (primary N) is 1. The minimum absolute atomic E-state index is 0.0497. The summed E-state index contributed by atoms with van der Waals surface area (Å²) in [5.41, 5.74) is 9.35. The van der Waals surface area contributed by atoms with Crippen molar-refractivity contribution in [2.45, 2.75) is 13.5 Å². The first-order chi connectivity index (χ1) is 15.5. The smallest absolute Gasteiger partial charge is 0.254 e. The Bertz CT molecular complexity index is 1330. The number of benzene rings is 2. The monoisotopic (exact) mass is 490 g/mol. The number of anilines is 1. The number of aromatic nitrogens is 3. The number of nitrogen functional groups attached to an aromatic ring is 1. The number of nitrogens with zero attached hydrogens (tertiary/aromatic N) is 5. The van der Waals surface area contributed by atoms with E-state index >= 15 is 0 Å². The van der Waals surface area contributed by atoms with Crippen molar-refractivity contribution >= 4 is 49.5 Å². The maximum Gasteiger partial charge on any atom is 0.254 e. The molecule has 162 valence electrons. The molecule has 0 atom stereocenters. The standard InChI is InChI=1S/C24H23BrN6O/c1-15-12-19(17-7-6-16(25)13-21(17)27-15)24(32)31-10-8-30(9-11-31)14-22-28-20-5-3-2-4-18(20)23(26)29-22/h2-7,12-13H,8-11,14H2,1H3,(H2,26,28,29). The van der Waals surface area contributed by atoms with Crippen molar-refractivity contribution in [2.24, 2.45) is 0 Å². The van der Waals surface area contributed by atoms with Crippen molar-refractivity contribution in [3.63, 3.8) is 0 Å². The third-order valence-corrected chi connectivity index (χ3v) is 6.33. The molecule has 2 N–H and O–H groups in total. The number of aryl methyl sites for hydroxylation is 1. The predicted molar refractivity (Wildman–Crippen MR) is 129 cm³/mol. The van der Waals surface area contributed by atoms with Crippen LogP contribution in [0.25, 0.3) is 21.8 Å². The first-order valence-electron chi connectivity index (χ1n) is 10.6. The second kappa shape index (κ2) is 8.44. The summed E-state index contributed by atoms with van der Waals surface area (Å²) in [6, 6.07) is 15.5. The van der Waals surface area contributed by atoms with E-state index in [1.54, 1.807) is 0 Å². The molecule has 1 fully saturated rings. The van der Waals surface area contributed by atoms with E-state index in [1.165, 1.54) is 0 Å². The third kappa shape index (κ3) is 4.03. The average molecular weight is 491 g/mol. The summed E-state index contributed by atoms with van der Waals surface area (Å²) in [5.74, 6) is 1.27. The fourth-order valence-corrected chi connectivity index (χ4v) is 4.56. The van der Waals surface area contributed by atoms with E-state index in [9.17, 15) is 4.79 Å². The molecule has 0 radical (unpaired) electrons. The van der Waals surface area contributed by atoms with Crippen LogP contribution in [-0.4, -0.2) is 56.8 Å². The molecular weight excluding hydrogens is 468 g/mol. The Balaban J connectivity index is 1.30. The Morgan fingerprint density at radius 2 is 1.75 bits per heavy atom. The molecule has 1 amide bonds. The number of piperazine rings is 1. The van der Waals surface area contributed by atoms with Crippen LogP contribution in [0.4, 0.5) is 5.82 Å². The van der Waals surface area contributed by atoms with Crippen LogP contribution >= 0.6 is 15.9 Å². The first kappa shape index (κ1) is 20.8. The van der Waals surface area contributed by atoms with E-state index in [1.807, 2.05) is 60.4 Å². The van der Waals surface area contributed by atoms with Crippen LogP contribution in [0.3, 0.4) is 0 Å². The van der Waals surface area contributed by atoms with Gasteiger partial charge in [0, 0.05) is 47.1 Å². The first-order valence-corrected chi connectivity index (χ1v) is 11.4. The van der Waals surface area contributed by atoms with Gasteiger partial charge >= 0.3 is 0 Å². The van der Waals surface area contributed by atoms with Gasteiger partial charge < -0.3 is 10.6 Å². The largest absolute Gasteiger partial charge is 0.383 e. The van der Waals surface area contributed by atoms with Gasteiger partial charge in [-0.1, -0.05) is 34.1 Å². The van der Waals surface area contributed by atoms with E-state index in [2.05, 4.69) is 35.8 Å². The fraction of sp³-hybridized carbons (Fsp3) is 0.250. The molecule has 5 rings (SSSR count). The van der Waals surface area contributed by atoms with Gasteiger partial charge in [0.15, 0.2) is 0 Å². The van der Waals surface area contributed by atoms with Crippen molar-refractivity contribution < 1.29 is 4.79 Å². The maximum absolute atomic E-state index is 13.3. The van der Waals surface area contributed by atoms with Gasteiger partial charge in [0.25, 0.3) is 5.91 Å². The number of hydrogen-bond acceptors (Lipinski definition) is 6. The van der Waals surface area contributed by atoms with Crippen molar-refractivity contribution in [1.82, 2.24) is 24.8 Å². The number of hydrogen-bond donors (Lipinski definition) is 1. The third-order valence-electron chi connectivity index (χ3n) is 5.83. The molecule has 0 aliphatic carbocycles. The summed E-state index contributed by atoms with van der Waals surface area (Å²) in [4.78, 5) is 31.2. The Hall–Kier alpha value is -3.10. The zero-order chi connectivity index (χ0) is 22.2. The number of rotatable bonds is 3. The lowest BCUT2D eigenvalue weighted by atomic mass is 10.1. The van der Waals surface area contributed by atoms with Crippen LogP contribution in [0.5, 0.6) is 0 Å². The summed E-state index contributed by atoms with van der Waals surface area (Å²) >= 11 is 3.49. The summed E-state index contributed by atoms with van der Waals surface area (Å²) in [6.45, 7) is 5.36. The number of amides is 1. The quantitative estimate of drug-likeness (QED) is 0.469. The molecule has 8 heteroatoms. The molecule has 4 aromatic rings. The molecule has 0 saturated carbocycles. The van der Waals surface area contributed by atoms with Crippen LogP contribution < -0.4 is 5.73 Å². The van der Waals surface area contributed by atoms with E-state index in [-0.39, 0.29) is 5.91 Å². The number of carbonyl (C=O) groups is 1. The summed E-state index contributed by atoms with van der Waals surface area (Å²) in [5, 5.41) is 1.75. The Morgan fingerprint density at radius 3 is 2.56 bits per heavy atom. The van der Waals surface area contributed by atoms with E-state index in [0.29, 0.717) is 36.8 Å². The van der Waals surface area contributed by atoms with Gasteiger partial charge in [-0.15, -0.1) is 0 Å². The summed E-state index contributed by atoms with van der Waals surface area (Å²) < 4.78 is 0.951. The second-order valence-electron chi connectivity index (χ2n) is 8.08. The van der Waals surface area contributed by atoms with Crippen molar-refractivity contribution in [3.05, 3.63) is 70.1 Å². The molecule has 32 heavy (non-hydrogen) atoms. The SMILES string of the molecule is Cc1cc(C(=O)N2CCN(Cc3nc(N)c4ccccc4n3)CC2)c2ccc(Br)cc2n1. The highest BCUT2D eigenvalue weighted by Gasteiger charge is 2.24. The molecule has 2 aromatic heterocycles. The Labute approximate surface area is 194 Å². The van der Waals surface area contributed by atoms with Crippen LogP contribution in [0, 0.1) is 6.92 Å². The minimum atomic E-state index is 0.0497. The molecule has 3 heterocycles. The van der Waals surface area contributed by atoms with Crippen LogP contribution in [-0.2, 0) is 6.54 Å². The molecular formula is C24H23BrN6O. The van der Waals surface area contributed by atoms with Gasteiger partial charge in [-0.3, -0.25) is 14.7 Å². The Morgan fingerprint density at radius 1 is 0.969 bits per heavy atom. The van der Waals surface area contributed by atoms with Crippen LogP contribution in [0.15, 0.2) is 53.0 Å². The molecule has 1 saturated heterocycles. The lowest BCUT2D eigenvalue weighted by Crippen LogP contribution is -2.48. The number of para-hydroxylation sites is 1. The Kier molecular flexibility index (Phi) is 5.48. The molecule has 1 aliphatic rings. The highest BCUT2D eigenvalue weighted by molar-refractivity contribution is 9.10. The van der Waals surface area contributed by atoms with E-state index in [4.69, 9.17) is 5.73 Å². The molecule has 7 nitrogen and oxygen atoms in total. The molecule has 2 aromatic carbocycles. The molecule has 0 unspecified atom stereocenters. The van der Waals surface area contributed by atoms with E-state index in [0.717, 1.165) is 45.1 Å². The maximum atomic E-state index is 13.3. The highest BCUT2D eigenvalue weighted by Crippen LogP contribution is 2.24. The van der Waals surface area contributed by atoms with Crippen molar-refractivity contribution in [2.75, 3.05) is 31.9 Å². The average Bonchev–Trinajstić information content (AvgIpc) is 2.78. The number of carbonyl (C=O) groups excluding carboxylic acids is 1. The molecule has 0 bridgehead atoms. The number of halogens is 1. The minimum Gasteiger partial charge on any atom is -0.383 e. The number of fused-ring (bicyclic) bond motifs is 2. The lowest BCUT2D eigenvalue weighted by molar-refractivity contribution is 0.0627. The second-order valence-corrected chi connectivity index (χ2v) is 9.00. The van der Waals surface area contributed by atoms with Gasteiger partial charge in [0.2, 0.25) is 0 Å². The lowest BCUT2D eigenvalue weighted by Gasteiger charge is -2.34. The summed E-state index contributed by atoms with van der Waals surface area (Å²) in [7, 11) is 0. The van der Waals surface area contributed by atoms with Gasteiger partial charge in [0.1, 0.15) is 11.6 Å². The van der Waals surface area contributed by atoms with Gasteiger partial charge in [-0.25, -0.2) is 9.97 Å². The zero-order valence-electron chi connectivity index (χ0n) is 17.8. The van der Waals surface area contributed by atoms with Crippen LogP contribution in [0.2, 0.25) is 0 Å². The molecule has 1 aliphatic heterocycles. The summed E-state index contributed by atoms with van der Waals surface area (Å²) in [6.07, 6.45) is 0. The van der Waals surface area contributed by atoms with Crippen LogP contribution in [0.1, 0.15) is 21.9 Å². The zero-order valence-corrected chi connectivity index (χ0v) is 19.3. The van der Waals surface area contributed by atoms with Gasteiger partial charge in [-0.2, -0.15) is 0 Å². The highest BCUT2D eigenvalue weighted by atomic mass is 79.9. The fourth-order valence-electron chi connectivity index (χ4n) is 4.21. The number of pyridine rings is 1. The normalized spacial score (nSPS) is 14.9. The molecule has 0 spiro atoms. The van der Waals surface area contributed by atoms with E-state index < -0.39 is 0 Å². The van der Waals surface area contributed by atoms with Gasteiger partial charge in [-0.05, 0) is 37.3 Å². The van der Waals surface area contributed by atoms with Gasteiger partial charge in [0.05, 0.1) is 23.1 Å². The topological polar surface area (TPSA) is 88.2 Å². The predicted octanol–water partition coefficient (Wildman–Crippen LogP) is 3.79.